The summed E-state index contributed by atoms with van der Waals surface area (Å²) >= 11 is 0. The van der Waals surface area contributed by atoms with E-state index in [4.69, 9.17) is 4.74 Å². The lowest BCUT2D eigenvalue weighted by Gasteiger charge is -2.20. The van der Waals surface area contributed by atoms with E-state index in [0.717, 1.165) is 0 Å². The standard InChI is InChI=1S/C27H28F4N6O3/c1-4-6-22(38)33-16-9-10-19(21(13-16)40-3)35-26-32-14-18(27(29,30)31)24(36-26)34-20-8-5-7-17-15(2)37(12-11-28)25(39)23(17)20/h5,7-10,13-15H,4,6,11-12H2,1-3H3,(H,33,38)(H2,32,34,35,36). The smallest absolute Gasteiger partial charge is 0.421 e. The minimum atomic E-state index is -4.80. The lowest BCUT2D eigenvalue weighted by atomic mass is 10.0. The number of carbonyl (C=O) groups excluding carboxylic acids is 2. The van der Waals surface area contributed by atoms with Gasteiger partial charge in [0, 0.05) is 30.9 Å². The maximum Gasteiger partial charge on any atom is 0.421 e. The summed E-state index contributed by atoms with van der Waals surface area (Å²) in [5.41, 5.74) is 0.516. The molecule has 0 aliphatic carbocycles. The zero-order valence-corrected chi connectivity index (χ0v) is 22.0. The number of halogens is 4. The van der Waals surface area contributed by atoms with Crippen LogP contribution in [-0.4, -0.2) is 47.0 Å². The van der Waals surface area contributed by atoms with Crippen molar-refractivity contribution in [3.63, 3.8) is 0 Å². The van der Waals surface area contributed by atoms with E-state index in [1.807, 2.05) is 6.92 Å². The monoisotopic (exact) mass is 560 g/mol. The van der Waals surface area contributed by atoms with Crippen LogP contribution in [-0.2, 0) is 11.0 Å². The summed E-state index contributed by atoms with van der Waals surface area (Å²) in [4.78, 5) is 34.1. The number of anilines is 5. The Hall–Kier alpha value is -4.42. The number of carbonyl (C=O) groups is 2. The number of nitrogens with one attached hydrogen (secondary N) is 3. The molecule has 1 aliphatic heterocycles. The van der Waals surface area contributed by atoms with Gasteiger partial charge in [0.25, 0.3) is 5.91 Å². The number of alkyl halides is 4. The summed E-state index contributed by atoms with van der Waals surface area (Å²) in [5.74, 6) is -1.12. The fraction of sp³-hybridized carbons (Fsp3) is 0.333. The predicted molar refractivity (Wildman–Crippen MR) is 142 cm³/mol. The van der Waals surface area contributed by atoms with E-state index in [2.05, 4.69) is 25.9 Å². The van der Waals surface area contributed by atoms with Gasteiger partial charge < -0.3 is 25.6 Å². The number of aromatic nitrogens is 2. The Bertz CT molecular complexity index is 1420. The van der Waals surface area contributed by atoms with Crippen LogP contribution in [0.25, 0.3) is 0 Å². The van der Waals surface area contributed by atoms with E-state index >= 15 is 0 Å². The number of hydrogen-bond acceptors (Lipinski definition) is 7. The van der Waals surface area contributed by atoms with Crippen molar-refractivity contribution in [3.05, 3.63) is 59.3 Å². The van der Waals surface area contributed by atoms with Crippen LogP contribution < -0.4 is 20.7 Å². The number of ether oxygens (including phenoxy) is 1. The Balaban J connectivity index is 1.67. The summed E-state index contributed by atoms with van der Waals surface area (Å²) in [6.07, 6.45) is -3.14. The zero-order valence-electron chi connectivity index (χ0n) is 22.0. The van der Waals surface area contributed by atoms with Crippen LogP contribution in [0.3, 0.4) is 0 Å². The highest BCUT2D eigenvalue weighted by atomic mass is 19.4. The molecule has 0 fully saturated rings. The highest BCUT2D eigenvalue weighted by Crippen LogP contribution is 2.40. The van der Waals surface area contributed by atoms with Gasteiger partial charge in [0.05, 0.1) is 30.1 Å². The highest BCUT2D eigenvalue weighted by Gasteiger charge is 2.38. The first-order chi connectivity index (χ1) is 19.1. The van der Waals surface area contributed by atoms with Gasteiger partial charge in [-0.2, -0.15) is 18.2 Å². The molecule has 2 aromatic carbocycles. The average Bonchev–Trinajstić information content (AvgIpc) is 3.15. The van der Waals surface area contributed by atoms with Crippen molar-refractivity contribution in [2.75, 3.05) is 36.3 Å². The predicted octanol–water partition coefficient (Wildman–Crippen LogP) is 6.22. The Morgan fingerprint density at radius 2 is 1.93 bits per heavy atom. The quantitative estimate of drug-likeness (QED) is 0.253. The molecular weight excluding hydrogens is 532 g/mol. The molecule has 9 nitrogen and oxygen atoms in total. The van der Waals surface area contributed by atoms with Crippen LogP contribution in [0, 0.1) is 0 Å². The average molecular weight is 561 g/mol. The fourth-order valence-corrected chi connectivity index (χ4v) is 4.45. The first-order valence-electron chi connectivity index (χ1n) is 12.5. The van der Waals surface area contributed by atoms with E-state index in [1.54, 1.807) is 37.3 Å². The largest absolute Gasteiger partial charge is 0.494 e. The van der Waals surface area contributed by atoms with Gasteiger partial charge in [-0.1, -0.05) is 19.1 Å². The number of benzene rings is 2. The molecule has 212 valence electrons. The summed E-state index contributed by atoms with van der Waals surface area (Å²) < 4.78 is 60.1. The van der Waals surface area contributed by atoms with Crippen molar-refractivity contribution < 1.29 is 31.9 Å². The van der Waals surface area contributed by atoms with Gasteiger partial charge in [0.15, 0.2) is 0 Å². The molecule has 2 heterocycles. The molecule has 3 aromatic rings. The minimum Gasteiger partial charge on any atom is -0.494 e. The molecule has 0 saturated heterocycles. The molecule has 4 rings (SSSR count). The van der Waals surface area contributed by atoms with E-state index in [0.29, 0.717) is 41.7 Å². The van der Waals surface area contributed by atoms with E-state index in [-0.39, 0.29) is 29.7 Å². The first-order valence-corrected chi connectivity index (χ1v) is 12.5. The second-order valence-corrected chi connectivity index (χ2v) is 9.05. The van der Waals surface area contributed by atoms with Crippen LogP contribution in [0.4, 0.5) is 46.4 Å². The molecule has 1 aromatic heterocycles. The molecule has 2 amide bonds. The van der Waals surface area contributed by atoms with Crippen molar-refractivity contribution in [1.29, 1.82) is 0 Å². The zero-order chi connectivity index (χ0) is 29.0. The van der Waals surface area contributed by atoms with Gasteiger partial charge in [-0.15, -0.1) is 0 Å². The van der Waals surface area contributed by atoms with Gasteiger partial charge in [0.1, 0.15) is 23.8 Å². The number of amides is 2. The van der Waals surface area contributed by atoms with Crippen LogP contribution >= 0.6 is 0 Å². The number of rotatable bonds is 10. The molecule has 1 aliphatic rings. The fourth-order valence-electron chi connectivity index (χ4n) is 4.45. The molecule has 13 heteroatoms. The van der Waals surface area contributed by atoms with Crippen LogP contribution in [0.1, 0.15) is 54.2 Å². The van der Waals surface area contributed by atoms with E-state index in [9.17, 15) is 27.2 Å². The molecule has 1 atom stereocenters. The maximum absolute atomic E-state index is 13.9. The number of fused-ring (bicyclic) bond motifs is 1. The maximum atomic E-state index is 13.9. The minimum absolute atomic E-state index is 0.107. The SMILES string of the molecule is CCCC(=O)Nc1ccc(Nc2ncc(C(F)(F)F)c(Nc3cccc4c3C(=O)N(CCF)C4C)n2)c(OC)c1. The summed E-state index contributed by atoms with van der Waals surface area (Å²) in [6.45, 7) is 2.73. The summed E-state index contributed by atoms with van der Waals surface area (Å²) in [5, 5.41) is 8.24. The third kappa shape index (κ3) is 5.92. The number of methoxy groups -OCH3 is 1. The molecule has 0 saturated carbocycles. The Morgan fingerprint density at radius 3 is 2.60 bits per heavy atom. The number of nitrogens with zero attached hydrogens (tertiary/aromatic N) is 3. The Labute approximate surface area is 228 Å². The van der Waals surface area contributed by atoms with Crippen LogP contribution in [0.5, 0.6) is 5.75 Å². The second-order valence-electron chi connectivity index (χ2n) is 9.05. The van der Waals surface area contributed by atoms with E-state index in [1.165, 1.54) is 18.1 Å². The molecule has 0 radical (unpaired) electrons. The van der Waals surface area contributed by atoms with Gasteiger partial charge in [0.2, 0.25) is 11.9 Å². The highest BCUT2D eigenvalue weighted by molar-refractivity contribution is 6.04. The van der Waals surface area contributed by atoms with Crippen molar-refractivity contribution in [2.24, 2.45) is 0 Å². The first kappa shape index (κ1) is 28.6. The van der Waals surface area contributed by atoms with Crippen molar-refractivity contribution in [1.82, 2.24) is 14.9 Å². The van der Waals surface area contributed by atoms with Gasteiger partial charge in [-0.25, -0.2) is 9.37 Å². The molecule has 40 heavy (non-hydrogen) atoms. The van der Waals surface area contributed by atoms with Crippen molar-refractivity contribution >= 4 is 40.6 Å². The normalized spacial score (nSPS) is 14.6. The Kier molecular flexibility index (Phi) is 8.40. The topological polar surface area (TPSA) is 108 Å². The van der Waals surface area contributed by atoms with Gasteiger partial charge in [-0.05, 0) is 37.1 Å². The molecule has 3 N–H and O–H groups in total. The number of hydrogen-bond donors (Lipinski definition) is 3. The lowest BCUT2D eigenvalue weighted by Crippen LogP contribution is -2.28. The molecule has 1 unspecified atom stereocenters. The summed E-state index contributed by atoms with van der Waals surface area (Å²) in [7, 11) is 1.40. The van der Waals surface area contributed by atoms with E-state index < -0.39 is 36.2 Å². The molecule has 0 bridgehead atoms. The lowest BCUT2D eigenvalue weighted by molar-refractivity contribution is -0.137. The van der Waals surface area contributed by atoms with Crippen LogP contribution in [0.2, 0.25) is 0 Å². The van der Waals surface area contributed by atoms with Crippen molar-refractivity contribution in [3.8, 4) is 5.75 Å². The summed E-state index contributed by atoms with van der Waals surface area (Å²) in [6, 6.07) is 9.03. The Morgan fingerprint density at radius 1 is 1.15 bits per heavy atom. The molecular formula is C27H28F4N6O3. The molecule has 0 spiro atoms. The van der Waals surface area contributed by atoms with Crippen molar-refractivity contribution in [2.45, 2.75) is 38.9 Å². The third-order valence-corrected chi connectivity index (χ3v) is 6.37. The third-order valence-electron chi connectivity index (χ3n) is 6.37. The second kappa shape index (κ2) is 11.8. The van der Waals surface area contributed by atoms with Gasteiger partial charge in [-0.3, -0.25) is 9.59 Å². The van der Waals surface area contributed by atoms with Gasteiger partial charge >= 0.3 is 6.18 Å². The van der Waals surface area contributed by atoms with Crippen LogP contribution in [0.15, 0.2) is 42.6 Å².